The SMILES string of the molecule is CCc1nc2ccc(CCO)cc2[nH]1. The molecule has 0 unspecified atom stereocenters. The molecular weight excluding hydrogens is 176 g/mol. The smallest absolute Gasteiger partial charge is 0.106 e. The van der Waals surface area contributed by atoms with Crippen LogP contribution in [0.5, 0.6) is 0 Å². The first kappa shape index (κ1) is 9.21. The van der Waals surface area contributed by atoms with E-state index in [9.17, 15) is 0 Å². The van der Waals surface area contributed by atoms with Gasteiger partial charge in [0, 0.05) is 13.0 Å². The van der Waals surface area contributed by atoms with E-state index >= 15 is 0 Å². The fourth-order valence-electron chi connectivity index (χ4n) is 1.56. The normalized spacial score (nSPS) is 11.0. The van der Waals surface area contributed by atoms with Crippen molar-refractivity contribution in [1.82, 2.24) is 9.97 Å². The number of aliphatic hydroxyl groups is 1. The molecule has 3 heteroatoms. The van der Waals surface area contributed by atoms with E-state index in [2.05, 4.69) is 23.0 Å². The molecule has 1 aromatic heterocycles. The highest BCUT2D eigenvalue weighted by molar-refractivity contribution is 5.75. The van der Waals surface area contributed by atoms with Crippen molar-refractivity contribution < 1.29 is 5.11 Å². The van der Waals surface area contributed by atoms with E-state index in [1.54, 1.807) is 0 Å². The van der Waals surface area contributed by atoms with E-state index in [-0.39, 0.29) is 6.61 Å². The molecule has 2 aromatic rings. The molecule has 0 fully saturated rings. The lowest BCUT2D eigenvalue weighted by atomic mass is 10.1. The fraction of sp³-hybridized carbons (Fsp3) is 0.364. The number of hydrogen-bond acceptors (Lipinski definition) is 2. The summed E-state index contributed by atoms with van der Waals surface area (Å²) in [4.78, 5) is 7.67. The lowest BCUT2D eigenvalue weighted by molar-refractivity contribution is 0.299. The zero-order valence-corrected chi connectivity index (χ0v) is 8.25. The van der Waals surface area contributed by atoms with E-state index in [1.165, 1.54) is 0 Å². The Morgan fingerprint density at radius 1 is 1.43 bits per heavy atom. The molecule has 1 heterocycles. The molecule has 0 radical (unpaired) electrons. The van der Waals surface area contributed by atoms with Gasteiger partial charge in [-0.25, -0.2) is 4.98 Å². The molecule has 0 saturated carbocycles. The first-order valence-corrected chi connectivity index (χ1v) is 4.92. The molecule has 74 valence electrons. The summed E-state index contributed by atoms with van der Waals surface area (Å²) in [6, 6.07) is 6.06. The van der Waals surface area contributed by atoms with Crippen LogP contribution in [-0.2, 0) is 12.8 Å². The molecular formula is C11H14N2O. The second-order valence-electron chi connectivity index (χ2n) is 3.36. The molecule has 1 aromatic carbocycles. The van der Waals surface area contributed by atoms with Crippen LogP contribution in [0.2, 0.25) is 0 Å². The Morgan fingerprint density at radius 2 is 2.29 bits per heavy atom. The van der Waals surface area contributed by atoms with E-state index < -0.39 is 0 Å². The van der Waals surface area contributed by atoms with Crippen molar-refractivity contribution in [2.75, 3.05) is 6.61 Å². The highest BCUT2D eigenvalue weighted by Gasteiger charge is 2.01. The van der Waals surface area contributed by atoms with Gasteiger partial charge < -0.3 is 10.1 Å². The van der Waals surface area contributed by atoms with E-state index in [0.29, 0.717) is 6.42 Å². The van der Waals surface area contributed by atoms with Crippen LogP contribution in [0, 0.1) is 0 Å². The third-order valence-corrected chi connectivity index (χ3v) is 2.33. The van der Waals surface area contributed by atoms with Gasteiger partial charge in [0.1, 0.15) is 5.82 Å². The number of imidazole rings is 1. The van der Waals surface area contributed by atoms with Crippen molar-refractivity contribution in [2.45, 2.75) is 19.8 Å². The number of benzene rings is 1. The van der Waals surface area contributed by atoms with Gasteiger partial charge in [0.2, 0.25) is 0 Å². The Bertz CT molecular complexity index is 434. The van der Waals surface area contributed by atoms with Crippen molar-refractivity contribution in [3.8, 4) is 0 Å². The minimum Gasteiger partial charge on any atom is -0.396 e. The number of aromatic nitrogens is 2. The van der Waals surface area contributed by atoms with Crippen LogP contribution < -0.4 is 0 Å². The molecule has 0 atom stereocenters. The van der Waals surface area contributed by atoms with Gasteiger partial charge in [-0.3, -0.25) is 0 Å². The first-order valence-electron chi connectivity index (χ1n) is 4.92. The van der Waals surface area contributed by atoms with Crippen LogP contribution >= 0.6 is 0 Å². The maximum absolute atomic E-state index is 8.82. The number of rotatable bonds is 3. The number of nitrogens with one attached hydrogen (secondary N) is 1. The summed E-state index contributed by atoms with van der Waals surface area (Å²) >= 11 is 0. The Morgan fingerprint density at radius 3 is 3.00 bits per heavy atom. The Labute approximate surface area is 82.8 Å². The maximum atomic E-state index is 8.82. The molecule has 0 amide bonds. The number of fused-ring (bicyclic) bond motifs is 1. The molecule has 2 N–H and O–H groups in total. The van der Waals surface area contributed by atoms with Gasteiger partial charge in [-0.05, 0) is 24.1 Å². The highest BCUT2D eigenvalue weighted by Crippen LogP contribution is 2.14. The Kier molecular flexibility index (Phi) is 2.50. The quantitative estimate of drug-likeness (QED) is 0.773. The number of hydrogen-bond donors (Lipinski definition) is 2. The third-order valence-electron chi connectivity index (χ3n) is 2.33. The monoisotopic (exact) mass is 190 g/mol. The van der Waals surface area contributed by atoms with Crippen molar-refractivity contribution in [2.24, 2.45) is 0 Å². The van der Waals surface area contributed by atoms with Gasteiger partial charge in [-0.1, -0.05) is 13.0 Å². The number of aliphatic hydroxyl groups excluding tert-OH is 1. The topological polar surface area (TPSA) is 48.9 Å². The standard InChI is InChI=1S/C11H14N2O/c1-2-11-12-9-4-3-8(5-6-14)7-10(9)13-11/h3-4,7,14H,2,5-6H2,1H3,(H,12,13). The van der Waals surface area contributed by atoms with Gasteiger partial charge in [0.15, 0.2) is 0 Å². The van der Waals surface area contributed by atoms with Crippen LogP contribution in [0.25, 0.3) is 11.0 Å². The predicted octanol–water partition coefficient (Wildman–Crippen LogP) is 1.66. The summed E-state index contributed by atoms with van der Waals surface area (Å²) in [7, 11) is 0. The summed E-state index contributed by atoms with van der Waals surface area (Å²) in [6.45, 7) is 2.27. The second kappa shape index (κ2) is 3.80. The summed E-state index contributed by atoms with van der Waals surface area (Å²) in [5.41, 5.74) is 3.21. The second-order valence-corrected chi connectivity index (χ2v) is 3.36. The molecule has 0 aliphatic rings. The average Bonchev–Trinajstić information content (AvgIpc) is 2.60. The zero-order chi connectivity index (χ0) is 9.97. The van der Waals surface area contributed by atoms with Crippen LogP contribution in [0.3, 0.4) is 0 Å². The van der Waals surface area contributed by atoms with Crippen molar-refractivity contribution >= 4 is 11.0 Å². The molecule has 2 rings (SSSR count). The van der Waals surface area contributed by atoms with Crippen LogP contribution in [-0.4, -0.2) is 21.7 Å². The Hall–Kier alpha value is -1.35. The van der Waals surface area contributed by atoms with Crippen LogP contribution in [0.15, 0.2) is 18.2 Å². The summed E-state index contributed by atoms with van der Waals surface area (Å²) in [6.07, 6.45) is 1.63. The van der Waals surface area contributed by atoms with Gasteiger partial charge in [0.25, 0.3) is 0 Å². The maximum Gasteiger partial charge on any atom is 0.106 e. The number of H-pyrrole nitrogens is 1. The molecule has 0 aliphatic heterocycles. The molecule has 3 nitrogen and oxygen atoms in total. The minimum atomic E-state index is 0.195. The number of aryl methyl sites for hydroxylation is 1. The third kappa shape index (κ3) is 1.63. The van der Waals surface area contributed by atoms with Crippen LogP contribution in [0.4, 0.5) is 0 Å². The van der Waals surface area contributed by atoms with Crippen molar-refractivity contribution in [3.05, 3.63) is 29.6 Å². The van der Waals surface area contributed by atoms with E-state index in [0.717, 1.165) is 28.8 Å². The lowest BCUT2D eigenvalue weighted by Crippen LogP contribution is -1.89. The van der Waals surface area contributed by atoms with E-state index in [4.69, 9.17) is 5.11 Å². The molecule has 0 saturated heterocycles. The van der Waals surface area contributed by atoms with Gasteiger partial charge in [0.05, 0.1) is 11.0 Å². The average molecular weight is 190 g/mol. The largest absolute Gasteiger partial charge is 0.396 e. The van der Waals surface area contributed by atoms with Crippen LogP contribution in [0.1, 0.15) is 18.3 Å². The summed E-state index contributed by atoms with van der Waals surface area (Å²) in [5, 5.41) is 8.82. The summed E-state index contributed by atoms with van der Waals surface area (Å²) < 4.78 is 0. The van der Waals surface area contributed by atoms with Gasteiger partial charge >= 0.3 is 0 Å². The molecule has 14 heavy (non-hydrogen) atoms. The molecule has 0 aliphatic carbocycles. The number of aromatic amines is 1. The van der Waals surface area contributed by atoms with E-state index in [1.807, 2.05) is 12.1 Å². The van der Waals surface area contributed by atoms with Crippen molar-refractivity contribution in [1.29, 1.82) is 0 Å². The molecule has 0 spiro atoms. The minimum absolute atomic E-state index is 0.195. The number of nitrogens with zero attached hydrogens (tertiary/aromatic N) is 1. The Balaban J connectivity index is 2.43. The summed E-state index contributed by atoms with van der Waals surface area (Å²) in [5.74, 6) is 1.01. The fourth-order valence-corrected chi connectivity index (χ4v) is 1.56. The van der Waals surface area contributed by atoms with Crippen molar-refractivity contribution in [3.63, 3.8) is 0 Å². The predicted molar refractivity (Wildman–Crippen MR) is 56.3 cm³/mol. The van der Waals surface area contributed by atoms with Gasteiger partial charge in [-0.2, -0.15) is 0 Å². The molecule has 0 bridgehead atoms. The highest BCUT2D eigenvalue weighted by atomic mass is 16.2. The first-order chi connectivity index (χ1) is 6.83. The lowest BCUT2D eigenvalue weighted by Gasteiger charge is -1.96. The van der Waals surface area contributed by atoms with Gasteiger partial charge in [-0.15, -0.1) is 0 Å². The zero-order valence-electron chi connectivity index (χ0n) is 8.25.